The average molecular weight is 297 g/mol. The first-order valence-electron chi connectivity index (χ1n) is 6.10. The van der Waals surface area contributed by atoms with E-state index in [9.17, 15) is 9.18 Å². The first-order chi connectivity index (χ1) is 8.13. The highest BCUT2D eigenvalue weighted by Crippen LogP contribution is 2.54. The van der Waals surface area contributed by atoms with Crippen molar-refractivity contribution in [2.45, 2.75) is 25.7 Å². The Morgan fingerprint density at radius 2 is 2.00 bits per heavy atom. The molecule has 2 aliphatic rings. The van der Waals surface area contributed by atoms with Gasteiger partial charge in [-0.3, -0.25) is 4.79 Å². The van der Waals surface area contributed by atoms with Gasteiger partial charge in [0.25, 0.3) is 0 Å². The van der Waals surface area contributed by atoms with Crippen molar-refractivity contribution in [3.05, 3.63) is 34.1 Å². The van der Waals surface area contributed by atoms with Crippen molar-refractivity contribution in [3.8, 4) is 0 Å². The zero-order valence-electron chi connectivity index (χ0n) is 9.46. The van der Waals surface area contributed by atoms with E-state index in [2.05, 4.69) is 15.9 Å². The first kappa shape index (κ1) is 11.4. The predicted octanol–water partition coefficient (Wildman–Crippen LogP) is 3.75. The van der Waals surface area contributed by atoms with Gasteiger partial charge in [-0.2, -0.15) is 0 Å². The molecule has 0 N–H and O–H groups in total. The molecule has 0 spiro atoms. The second-order valence-corrected chi connectivity index (χ2v) is 6.22. The Hall–Kier alpha value is -0.700. The van der Waals surface area contributed by atoms with Crippen LogP contribution in [0.25, 0.3) is 0 Å². The van der Waals surface area contributed by atoms with Crippen LogP contribution in [-0.4, -0.2) is 5.78 Å². The maximum absolute atomic E-state index is 13.5. The standard InChI is InChI=1S/C14H14BrFO/c15-12-1-2-13(16)10(6-12)7-14(17)11-4-8-3-9(8)5-11/h1-2,6,8-9,11H,3-5,7H2. The number of Topliss-reactive ketones (excluding diaryl/α,β-unsaturated/α-hetero) is 1. The van der Waals surface area contributed by atoms with Gasteiger partial charge in [0.05, 0.1) is 0 Å². The van der Waals surface area contributed by atoms with Crippen molar-refractivity contribution in [2.75, 3.05) is 0 Å². The van der Waals surface area contributed by atoms with E-state index in [1.54, 1.807) is 12.1 Å². The van der Waals surface area contributed by atoms with E-state index in [1.807, 2.05) is 0 Å². The summed E-state index contributed by atoms with van der Waals surface area (Å²) in [6.07, 6.45) is 3.64. The van der Waals surface area contributed by atoms with Gasteiger partial charge in [0.15, 0.2) is 0 Å². The van der Waals surface area contributed by atoms with Gasteiger partial charge in [-0.05, 0) is 54.9 Å². The van der Waals surface area contributed by atoms with Gasteiger partial charge < -0.3 is 0 Å². The lowest BCUT2D eigenvalue weighted by Crippen LogP contribution is -2.16. The smallest absolute Gasteiger partial charge is 0.140 e. The molecule has 90 valence electrons. The molecule has 0 radical (unpaired) electrons. The maximum atomic E-state index is 13.5. The molecule has 17 heavy (non-hydrogen) atoms. The Morgan fingerprint density at radius 3 is 2.71 bits per heavy atom. The number of hydrogen-bond donors (Lipinski definition) is 0. The van der Waals surface area contributed by atoms with Crippen LogP contribution in [0, 0.1) is 23.6 Å². The van der Waals surface area contributed by atoms with Crippen LogP contribution in [0.1, 0.15) is 24.8 Å². The molecule has 3 heteroatoms. The third-order valence-corrected chi connectivity index (χ3v) is 4.56. The van der Waals surface area contributed by atoms with Crippen LogP contribution in [0.2, 0.25) is 0 Å². The van der Waals surface area contributed by atoms with Crippen molar-refractivity contribution < 1.29 is 9.18 Å². The molecule has 1 aromatic rings. The molecule has 2 aliphatic carbocycles. The SMILES string of the molecule is O=C(Cc1cc(Br)ccc1F)C1CC2CC2C1. The zero-order valence-corrected chi connectivity index (χ0v) is 11.0. The third-order valence-electron chi connectivity index (χ3n) is 4.07. The van der Waals surface area contributed by atoms with Gasteiger partial charge in [-0.15, -0.1) is 0 Å². The van der Waals surface area contributed by atoms with E-state index >= 15 is 0 Å². The molecule has 0 aliphatic heterocycles. The summed E-state index contributed by atoms with van der Waals surface area (Å²) in [6, 6.07) is 4.79. The fourth-order valence-corrected chi connectivity index (χ4v) is 3.40. The van der Waals surface area contributed by atoms with Crippen LogP contribution in [0.3, 0.4) is 0 Å². The second-order valence-electron chi connectivity index (χ2n) is 5.30. The van der Waals surface area contributed by atoms with Gasteiger partial charge in [0.2, 0.25) is 0 Å². The lowest BCUT2D eigenvalue weighted by molar-refractivity contribution is -0.122. The molecule has 0 aromatic heterocycles. The molecular formula is C14H14BrFO. The predicted molar refractivity (Wildman–Crippen MR) is 67.1 cm³/mol. The summed E-state index contributed by atoms with van der Waals surface area (Å²) in [6.45, 7) is 0. The fourth-order valence-electron chi connectivity index (χ4n) is 2.99. The number of halogens is 2. The van der Waals surface area contributed by atoms with E-state index in [0.29, 0.717) is 5.56 Å². The second kappa shape index (κ2) is 4.20. The molecule has 0 bridgehead atoms. The van der Waals surface area contributed by atoms with Crippen LogP contribution in [0.15, 0.2) is 22.7 Å². The van der Waals surface area contributed by atoms with E-state index in [0.717, 1.165) is 29.2 Å². The summed E-state index contributed by atoms with van der Waals surface area (Å²) in [4.78, 5) is 12.1. The summed E-state index contributed by atoms with van der Waals surface area (Å²) in [7, 11) is 0. The van der Waals surface area contributed by atoms with Gasteiger partial charge in [-0.1, -0.05) is 15.9 Å². The molecule has 1 nitrogen and oxygen atoms in total. The monoisotopic (exact) mass is 296 g/mol. The van der Waals surface area contributed by atoms with E-state index in [-0.39, 0.29) is 23.9 Å². The van der Waals surface area contributed by atoms with E-state index in [4.69, 9.17) is 0 Å². The van der Waals surface area contributed by atoms with Crippen molar-refractivity contribution in [3.63, 3.8) is 0 Å². The quantitative estimate of drug-likeness (QED) is 0.830. The largest absolute Gasteiger partial charge is 0.299 e. The third kappa shape index (κ3) is 2.30. The minimum atomic E-state index is -0.273. The van der Waals surface area contributed by atoms with Crippen LogP contribution >= 0.6 is 15.9 Å². The Kier molecular flexibility index (Phi) is 2.81. The molecule has 1 aromatic carbocycles. The Morgan fingerprint density at radius 1 is 1.29 bits per heavy atom. The summed E-state index contributed by atoms with van der Waals surface area (Å²) < 4.78 is 14.4. The highest BCUT2D eigenvalue weighted by Gasteiger charge is 2.47. The number of rotatable bonds is 3. The lowest BCUT2D eigenvalue weighted by atomic mass is 9.93. The molecular weight excluding hydrogens is 283 g/mol. The lowest BCUT2D eigenvalue weighted by Gasteiger charge is -2.11. The van der Waals surface area contributed by atoms with E-state index in [1.165, 1.54) is 12.5 Å². The molecule has 0 amide bonds. The normalized spacial score (nSPS) is 30.1. The molecule has 3 rings (SSSR count). The molecule has 2 saturated carbocycles. The highest BCUT2D eigenvalue weighted by molar-refractivity contribution is 9.10. The topological polar surface area (TPSA) is 17.1 Å². The van der Waals surface area contributed by atoms with Gasteiger partial charge in [-0.25, -0.2) is 4.39 Å². The number of benzene rings is 1. The molecule has 2 unspecified atom stereocenters. The number of fused-ring (bicyclic) bond motifs is 1. The zero-order chi connectivity index (χ0) is 12.0. The van der Waals surface area contributed by atoms with Crippen LogP contribution in [-0.2, 0) is 11.2 Å². The minimum absolute atomic E-state index is 0.192. The van der Waals surface area contributed by atoms with Crippen LogP contribution < -0.4 is 0 Å². The Labute approximate surface area is 109 Å². The first-order valence-corrected chi connectivity index (χ1v) is 6.89. The van der Waals surface area contributed by atoms with Gasteiger partial charge >= 0.3 is 0 Å². The highest BCUT2D eigenvalue weighted by atomic mass is 79.9. The Bertz CT molecular complexity index is 461. The maximum Gasteiger partial charge on any atom is 0.140 e. The summed E-state index contributed by atoms with van der Waals surface area (Å²) in [5, 5.41) is 0. The molecule has 2 atom stereocenters. The molecule has 2 fully saturated rings. The van der Waals surface area contributed by atoms with Crippen LogP contribution in [0.5, 0.6) is 0 Å². The van der Waals surface area contributed by atoms with Gasteiger partial charge in [0.1, 0.15) is 11.6 Å². The number of ketones is 1. The summed E-state index contributed by atoms with van der Waals surface area (Å²) in [5.41, 5.74) is 0.518. The van der Waals surface area contributed by atoms with Crippen molar-refractivity contribution in [2.24, 2.45) is 17.8 Å². The van der Waals surface area contributed by atoms with E-state index < -0.39 is 0 Å². The van der Waals surface area contributed by atoms with Gasteiger partial charge in [0, 0.05) is 16.8 Å². The average Bonchev–Trinajstić information content (AvgIpc) is 2.91. The minimum Gasteiger partial charge on any atom is -0.299 e. The van der Waals surface area contributed by atoms with Crippen molar-refractivity contribution in [1.29, 1.82) is 0 Å². The number of hydrogen-bond acceptors (Lipinski definition) is 1. The Balaban J connectivity index is 1.69. The van der Waals surface area contributed by atoms with Crippen molar-refractivity contribution >= 4 is 21.7 Å². The number of carbonyl (C=O) groups is 1. The molecule has 0 heterocycles. The summed E-state index contributed by atoms with van der Waals surface area (Å²) in [5.74, 6) is 1.74. The van der Waals surface area contributed by atoms with Crippen molar-refractivity contribution in [1.82, 2.24) is 0 Å². The summed E-state index contributed by atoms with van der Waals surface area (Å²) >= 11 is 3.31. The van der Waals surface area contributed by atoms with Crippen LogP contribution in [0.4, 0.5) is 4.39 Å². The number of carbonyl (C=O) groups excluding carboxylic acids is 1. The molecule has 0 saturated heterocycles. The fraction of sp³-hybridized carbons (Fsp3) is 0.500.